The van der Waals surface area contributed by atoms with Gasteiger partial charge in [-0.2, -0.15) is 5.21 Å². The van der Waals surface area contributed by atoms with Crippen molar-refractivity contribution in [2.45, 2.75) is 32.7 Å². The molecule has 0 fully saturated rings. The van der Waals surface area contributed by atoms with Crippen LogP contribution in [0.5, 0.6) is 0 Å². The van der Waals surface area contributed by atoms with Crippen LogP contribution in [0.3, 0.4) is 0 Å². The second kappa shape index (κ2) is 9.97. The Balaban J connectivity index is 1.56. The maximum absolute atomic E-state index is 13.7. The van der Waals surface area contributed by atoms with Gasteiger partial charge in [0.15, 0.2) is 0 Å². The standard InChI is InChI=1S/C29H25N7O3/c1-2-3-15-25-30-22-12-6-4-10-19(22)28(37)36(25)16-18-9-8-14-24-26(18)21(29(38)39)17-35(24)23-13-7-5-11-20(23)27-31-33-34-32-27/h4-14,17H,2-3,15-16H2,1H3,(H,38,39)(H,31,32,33,34). The normalized spacial score (nSPS) is 11.4. The van der Waals surface area contributed by atoms with E-state index in [0.29, 0.717) is 51.1 Å². The van der Waals surface area contributed by atoms with Gasteiger partial charge in [0.2, 0.25) is 5.82 Å². The zero-order chi connectivity index (χ0) is 26.9. The van der Waals surface area contributed by atoms with Crippen molar-refractivity contribution in [1.29, 1.82) is 0 Å². The molecule has 0 aliphatic heterocycles. The summed E-state index contributed by atoms with van der Waals surface area (Å²) in [5.74, 6) is 0.0320. The molecule has 3 aromatic heterocycles. The van der Waals surface area contributed by atoms with Gasteiger partial charge in [-0.3, -0.25) is 9.36 Å². The summed E-state index contributed by atoms with van der Waals surface area (Å²) < 4.78 is 3.51. The smallest absolute Gasteiger partial charge is 0.337 e. The molecule has 0 aliphatic rings. The van der Waals surface area contributed by atoms with Gasteiger partial charge in [0, 0.05) is 23.6 Å². The van der Waals surface area contributed by atoms with E-state index in [9.17, 15) is 14.7 Å². The molecule has 0 spiro atoms. The topological polar surface area (TPSA) is 132 Å². The summed E-state index contributed by atoms with van der Waals surface area (Å²) in [6.45, 7) is 2.29. The number of nitrogens with zero attached hydrogens (tertiary/aromatic N) is 6. The first kappa shape index (κ1) is 24.2. The van der Waals surface area contributed by atoms with Crippen LogP contribution in [0, 0.1) is 0 Å². The average Bonchev–Trinajstić information content (AvgIpc) is 3.63. The highest BCUT2D eigenvalue weighted by molar-refractivity contribution is 6.05. The number of para-hydroxylation sites is 2. The number of hydrogen-bond acceptors (Lipinski definition) is 6. The third-order valence-corrected chi connectivity index (χ3v) is 6.92. The van der Waals surface area contributed by atoms with Crippen molar-refractivity contribution in [2.24, 2.45) is 0 Å². The molecule has 0 atom stereocenters. The fourth-order valence-corrected chi connectivity index (χ4v) is 5.08. The number of nitrogens with one attached hydrogen (secondary N) is 1. The zero-order valence-electron chi connectivity index (χ0n) is 21.2. The number of unbranched alkanes of at least 4 members (excludes halogenated alkanes) is 1. The molecule has 0 saturated heterocycles. The summed E-state index contributed by atoms with van der Waals surface area (Å²) in [6, 6.07) is 20.4. The number of hydrogen-bond donors (Lipinski definition) is 2. The highest BCUT2D eigenvalue weighted by Gasteiger charge is 2.22. The Kier molecular flexibility index (Phi) is 6.20. The molecule has 3 heterocycles. The van der Waals surface area contributed by atoms with Crippen LogP contribution in [0.15, 0.2) is 77.7 Å². The molecular formula is C29H25N7O3. The van der Waals surface area contributed by atoms with Crippen molar-refractivity contribution in [2.75, 3.05) is 0 Å². The Hall–Kier alpha value is -5.12. The minimum absolute atomic E-state index is 0.137. The molecule has 0 radical (unpaired) electrons. The molecule has 2 N–H and O–H groups in total. The Labute approximate surface area is 222 Å². The molecule has 3 aromatic carbocycles. The second-order valence-electron chi connectivity index (χ2n) is 9.32. The molecule has 39 heavy (non-hydrogen) atoms. The van der Waals surface area contributed by atoms with E-state index in [1.165, 1.54) is 0 Å². The fourth-order valence-electron chi connectivity index (χ4n) is 5.08. The van der Waals surface area contributed by atoms with E-state index in [1.54, 1.807) is 16.8 Å². The van der Waals surface area contributed by atoms with Crippen molar-refractivity contribution in [3.05, 3.63) is 100 Å². The van der Waals surface area contributed by atoms with E-state index in [4.69, 9.17) is 4.98 Å². The van der Waals surface area contributed by atoms with Crippen molar-refractivity contribution >= 4 is 27.8 Å². The lowest BCUT2D eigenvalue weighted by Gasteiger charge is -2.15. The van der Waals surface area contributed by atoms with Gasteiger partial charge < -0.3 is 9.67 Å². The van der Waals surface area contributed by atoms with Crippen LogP contribution in [-0.4, -0.2) is 45.8 Å². The summed E-state index contributed by atoms with van der Waals surface area (Å²) in [6.07, 6.45) is 4.11. The summed E-state index contributed by atoms with van der Waals surface area (Å²) in [5.41, 5.74) is 3.49. The summed E-state index contributed by atoms with van der Waals surface area (Å²) >= 11 is 0. The number of aromatic amines is 1. The van der Waals surface area contributed by atoms with Crippen LogP contribution >= 0.6 is 0 Å². The van der Waals surface area contributed by atoms with E-state index in [2.05, 4.69) is 27.5 Å². The highest BCUT2D eigenvalue weighted by atomic mass is 16.4. The van der Waals surface area contributed by atoms with Crippen LogP contribution in [0.2, 0.25) is 0 Å². The number of rotatable bonds is 8. The summed E-state index contributed by atoms with van der Waals surface area (Å²) in [4.78, 5) is 31.0. The third kappa shape index (κ3) is 4.25. The summed E-state index contributed by atoms with van der Waals surface area (Å²) in [5, 5.41) is 25.7. The predicted molar refractivity (Wildman–Crippen MR) is 147 cm³/mol. The van der Waals surface area contributed by atoms with Gasteiger partial charge in [-0.25, -0.2) is 9.78 Å². The Bertz CT molecular complexity index is 1890. The molecule has 0 aliphatic carbocycles. The van der Waals surface area contributed by atoms with Gasteiger partial charge in [0.1, 0.15) is 5.82 Å². The number of aryl methyl sites for hydroxylation is 1. The maximum atomic E-state index is 13.7. The molecule has 10 heteroatoms. The zero-order valence-corrected chi connectivity index (χ0v) is 21.2. The quantitative estimate of drug-likeness (QED) is 0.300. The molecule has 0 amide bonds. The molecule has 0 unspecified atom stereocenters. The number of carboxylic acid groups (broad SMARTS) is 1. The van der Waals surface area contributed by atoms with Crippen LogP contribution in [-0.2, 0) is 13.0 Å². The van der Waals surface area contributed by atoms with Gasteiger partial charge in [-0.1, -0.05) is 49.7 Å². The lowest BCUT2D eigenvalue weighted by Crippen LogP contribution is -2.26. The van der Waals surface area contributed by atoms with Crippen molar-refractivity contribution in [3.63, 3.8) is 0 Å². The van der Waals surface area contributed by atoms with Crippen LogP contribution in [0.1, 0.15) is 41.5 Å². The first-order valence-electron chi connectivity index (χ1n) is 12.7. The Morgan fingerprint density at radius 1 is 1.03 bits per heavy atom. The summed E-state index contributed by atoms with van der Waals surface area (Å²) in [7, 11) is 0. The molecule has 6 rings (SSSR count). The number of aromatic nitrogens is 7. The van der Waals surface area contributed by atoms with E-state index in [-0.39, 0.29) is 17.7 Å². The predicted octanol–water partition coefficient (Wildman–Crippen LogP) is 4.61. The molecular weight excluding hydrogens is 494 g/mol. The van der Waals surface area contributed by atoms with Gasteiger partial charge in [0.05, 0.1) is 34.2 Å². The first-order chi connectivity index (χ1) is 19.1. The van der Waals surface area contributed by atoms with E-state index < -0.39 is 5.97 Å². The molecule has 194 valence electrons. The van der Waals surface area contributed by atoms with E-state index in [0.717, 1.165) is 18.4 Å². The van der Waals surface area contributed by atoms with Gasteiger partial charge >= 0.3 is 5.97 Å². The molecule has 0 bridgehead atoms. The number of H-pyrrole nitrogens is 1. The van der Waals surface area contributed by atoms with Crippen LogP contribution in [0.4, 0.5) is 0 Å². The molecule has 6 aromatic rings. The van der Waals surface area contributed by atoms with E-state index in [1.807, 2.05) is 65.2 Å². The largest absolute Gasteiger partial charge is 0.478 e. The maximum Gasteiger partial charge on any atom is 0.337 e. The first-order valence-corrected chi connectivity index (χ1v) is 12.7. The van der Waals surface area contributed by atoms with Gasteiger partial charge in [-0.05, 0) is 47.5 Å². The van der Waals surface area contributed by atoms with Crippen molar-refractivity contribution in [3.8, 4) is 17.1 Å². The number of carboxylic acids is 1. The van der Waals surface area contributed by atoms with Crippen molar-refractivity contribution < 1.29 is 9.90 Å². The number of carbonyl (C=O) groups is 1. The van der Waals surface area contributed by atoms with E-state index >= 15 is 0 Å². The molecule has 0 saturated carbocycles. The minimum atomic E-state index is -1.06. The Morgan fingerprint density at radius 2 is 1.85 bits per heavy atom. The fraction of sp³-hybridized carbons (Fsp3) is 0.172. The van der Waals surface area contributed by atoms with Gasteiger partial charge in [-0.15, -0.1) is 10.2 Å². The lowest BCUT2D eigenvalue weighted by atomic mass is 10.1. The Morgan fingerprint density at radius 3 is 2.64 bits per heavy atom. The number of benzene rings is 3. The minimum Gasteiger partial charge on any atom is -0.478 e. The second-order valence-corrected chi connectivity index (χ2v) is 9.32. The lowest BCUT2D eigenvalue weighted by molar-refractivity contribution is 0.0699. The SMILES string of the molecule is CCCCc1nc2ccccc2c(=O)n1Cc1cccc2c1c(C(=O)O)cn2-c1ccccc1-c1nn[nH]n1. The van der Waals surface area contributed by atoms with Gasteiger partial charge in [0.25, 0.3) is 5.56 Å². The van der Waals surface area contributed by atoms with Crippen LogP contribution < -0.4 is 5.56 Å². The number of aromatic carboxylic acids is 1. The average molecular weight is 520 g/mol. The van der Waals surface area contributed by atoms with Crippen LogP contribution in [0.25, 0.3) is 38.9 Å². The number of fused-ring (bicyclic) bond motifs is 2. The van der Waals surface area contributed by atoms with Crippen molar-refractivity contribution in [1.82, 2.24) is 34.7 Å². The highest BCUT2D eigenvalue weighted by Crippen LogP contribution is 2.32. The monoisotopic (exact) mass is 519 g/mol. The number of tetrazole rings is 1. The molecule has 10 nitrogen and oxygen atoms in total. The third-order valence-electron chi connectivity index (χ3n) is 6.92.